The van der Waals surface area contributed by atoms with Crippen LogP contribution in [0.1, 0.15) is 32.8 Å². The van der Waals surface area contributed by atoms with Gasteiger partial charge in [0.2, 0.25) is 10.0 Å². The van der Waals surface area contributed by atoms with Crippen LogP contribution in [0.2, 0.25) is 0 Å². The number of benzene rings is 1. The van der Waals surface area contributed by atoms with Gasteiger partial charge in [0.1, 0.15) is 0 Å². The van der Waals surface area contributed by atoms with Gasteiger partial charge in [0.25, 0.3) is 0 Å². The van der Waals surface area contributed by atoms with E-state index >= 15 is 0 Å². The van der Waals surface area contributed by atoms with Crippen LogP contribution in [0.25, 0.3) is 0 Å². The molecule has 1 aliphatic heterocycles. The smallest absolute Gasteiger partial charge is 0.242 e. The van der Waals surface area contributed by atoms with Gasteiger partial charge in [-0.2, -0.15) is 0 Å². The molecule has 8 heteroatoms. The first-order chi connectivity index (χ1) is 11.7. The van der Waals surface area contributed by atoms with E-state index < -0.39 is 10.0 Å². The molecule has 1 aliphatic rings. The third-order valence-corrected chi connectivity index (χ3v) is 6.36. The number of nitrogens with zero attached hydrogens (tertiary/aromatic N) is 3. The average Bonchev–Trinajstić information content (AvgIpc) is 2.91. The van der Waals surface area contributed by atoms with Gasteiger partial charge in [-0.3, -0.25) is 0 Å². The second-order valence-corrected chi connectivity index (χ2v) is 9.52. The number of likely N-dealkylation sites (tertiary alicyclic amines) is 1. The molecule has 1 N–H and O–H groups in total. The van der Waals surface area contributed by atoms with Gasteiger partial charge in [0.15, 0.2) is 5.96 Å². The quantitative estimate of drug-likeness (QED) is 0.389. The Balaban J connectivity index is 0.00000338. The lowest BCUT2D eigenvalue weighted by Crippen LogP contribution is -2.40. The third kappa shape index (κ3) is 5.56. The highest BCUT2D eigenvalue weighted by molar-refractivity contribution is 14.0. The molecule has 1 heterocycles. The van der Waals surface area contributed by atoms with Gasteiger partial charge >= 0.3 is 0 Å². The van der Waals surface area contributed by atoms with Gasteiger partial charge in [-0.1, -0.05) is 32.0 Å². The largest absolute Gasteiger partial charge is 0.357 e. The summed E-state index contributed by atoms with van der Waals surface area (Å²) >= 11 is 0. The van der Waals surface area contributed by atoms with Crippen molar-refractivity contribution in [2.75, 3.05) is 33.7 Å². The van der Waals surface area contributed by atoms with E-state index in [1.54, 1.807) is 26.2 Å². The molecule has 26 heavy (non-hydrogen) atoms. The Labute approximate surface area is 175 Å². The Hall–Kier alpha value is -0.870. The Bertz CT molecular complexity index is 732. The van der Waals surface area contributed by atoms with Crippen molar-refractivity contribution in [1.29, 1.82) is 0 Å². The number of halogens is 1. The molecular formula is C18H31IN4O2S. The first kappa shape index (κ1) is 23.2. The molecule has 1 saturated heterocycles. The predicted molar refractivity (Wildman–Crippen MR) is 118 cm³/mol. The van der Waals surface area contributed by atoms with Crippen molar-refractivity contribution in [3.63, 3.8) is 0 Å². The standard InChI is InChI=1S/C18H30N4O2S.HI/c1-6-19-17(22-12-11-18(2,3)14-22)20-13-15-9-7-8-10-16(15)25(23,24)21(4)5;/h7-10H,6,11-14H2,1-5H3,(H,19,20);1H. The van der Waals surface area contributed by atoms with Gasteiger partial charge in [-0.25, -0.2) is 17.7 Å². The highest BCUT2D eigenvalue weighted by Crippen LogP contribution is 2.29. The number of hydrogen-bond acceptors (Lipinski definition) is 3. The summed E-state index contributed by atoms with van der Waals surface area (Å²) in [5.74, 6) is 0.852. The maximum atomic E-state index is 12.5. The summed E-state index contributed by atoms with van der Waals surface area (Å²) in [5.41, 5.74) is 0.993. The van der Waals surface area contributed by atoms with Gasteiger partial charge in [0, 0.05) is 33.7 Å². The number of guanidine groups is 1. The first-order valence-electron chi connectivity index (χ1n) is 8.71. The van der Waals surface area contributed by atoms with Crippen LogP contribution in [-0.2, 0) is 16.6 Å². The summed E-state index contributed by atoms with van der Waals surface area (Å²) < 4.78 is 26.3. The topological polar surface area (TPSA) is 65.0 Å². The Kier molecular flexibility index (Phi) is 8.34. The maximum Gasteiger partial charge on any atom is 0.242 e. The zero-order valence-electron chi connectivity index (χ0n) is 16.3. The molecule has 1 fully saturated rings. The van der Waals surface area contributed by atoms with E-state index in [-0.39, 0.29) is 29.4 Å². The molecule has 0 atom stereocenters. The van der Waals surface area contributed by atoms with Crippen LogP contribution in [-0.4, -0.2) is 57.3 Å². The van der Waals surface area contributed by atoms with Gasteiger partial charge in [0.05, 0.1) is 11.4 Å². The van der Waals surface area contributed by atoms with Crippen molar-refractivity contribution in [2.45, 2.75) is 38.6 Å². The van der Waals surface area contributed by atoms with Crippen molar-refractivity contribution >= 4 is 40.0 Å². The van der Waals surface area contributed by atoms with Crippen LogP contribution in [0, 0.1) is 5.41 Å². The number of sulfonamides is 1. The van der Waals surface area contributed by atoms with Crippen LogP contribution in [0.15, 0.2) is 34.2 Å². The van der Waals surface area contributed by atoms with Crippen LogP contribution in [0.4, 0.5) is 0 Å². The summed E-state index contributed by atoms with van der Waals surface area (Å²) in [6.07, 6.45) is 1.13. The second kappa shape index (κ2) is 9.36. The van der Waals surface area contributed by atoms with Crippen LogP contribution < -0.4 is 5.32 Å². The Morgan fingerprint density at radius 1 is 1.31 bits per heavy atom. The van der Waals surface area contributed by atoms with E-state index in [4.69, 9.17) is 4.99 Å². The second-order valence-electron chi connectivity index (χ2n) is 7.40. The number of nitrogens with one attached hydrogen (secondary N) is 1. The molecule has 0 unspecified atom stereocenters. The molecule has 0 saturated carbocycles. The Morgan fingerprint density at radius 3 is 2.50 bits per heavy atom. The summed E-state index contributed by atoms with van der Waals surface area (Å²) in [7, 11) is -0.381. The Morgan fingerprint density at radius 2 is 1.96 bits per heavy atom. The van der Waals surface area contributed by atoms with Crippen molar-refractivity contribution in [3.8, 4) is 0 Å². The molecule has 148 valence electrons. The molecule has 0 bridgehead atoms. The number of hydrogen-bond donors (Lipinski definition) is 1. The molecule has 0 amide bonds. The lowest BCUT2D eigenvalue weighted by atomic mass is 9.93. The lowest BCUT2D eigenvalue weighted by Gasteiger charge is -2.24. The summed E-state index contributed by atoms with van der Waals surface area (Å²) in [5, 5.41) is 3.33. The van der Waals surface area contributed by atoms with Crippen molar-refractivity contribution in [1.82, 2.24) is 14.5 Å². The van der Waals surface area contributed by atoms with E-state index in [9.17, 15) is 8.42 Å². The minimum Gasteiger partial charge on any atom is -0.357 e. The van der Waals surface area contributed by atoms with Crippen molar-refractivity contribution in [2.24, 2.45) is 10.4 Å². The fourth-order valence-electron chi connectivity index (χ4n) is 2.96. The zero-order chi connectivity index (χ0) is 18.7. The molecular weight excluding hydrogens is 463 g/mol. The van der Waals surface area contributed by atoms with E-state index in [0.29, 0.717) is 17.0 Å². The predicted octanol–water partition coefficient (Wildman–Crippen LogP) is 2.75. The van der Waals surface area contributed by atoms with E-state index in [1.165, 1.54) is 4.31 Å². The van der Waals surface area contributed by atoms with Gasteiger partial charge in [-0.05, 0) is 30.4 Å². The van der Waals surface area contributed by atoms with Crippen LogP contribution >= 0.6 is 24.0 Å². The highest BCUT2D eigenvalue weighted by atomic mass is 127. The fourth-order valence-corrected chi connectivity index (χ4v) is 4.07. The molecule has 0 aromatic heterocycles. The summed E-state index contributed by atoms with van der Waals surface area (Å²) in [6.45, 7) is 9.61. The molecule has 1 aromatic carbocycles. The summed E-state index contributed by atoms with van der Waals surface area (Å²) in [6, 6.07) is 7.08. The molecule has 2 rings (SSSR count). The average molecular weight is 494 g/mol. The minimum absolute atomic E-state index is 0. The lowest BCUT2D eigenvalue weighted by molar-refractivity contribution is 0.370. The maximum absolute atomic E-state index is 12.5. The molecule has 6 nitrogen and oxygen atoms in total. The zero-order valence-corrected chi connectivity index (χ0v) is 19.5. The van der Waals surface area contributed by atoms with E-state index in [1.807, 2.05) is 19.1 Å². The fraction of sp³-hybridized carbons (Fsp3) is 0.611. The highest BCUT2D eigenvalue weighted by Gasteiger charge is 2.31. The first-order valence-corrected chi connectivity index (χ1v) is 10.1. The number of aliphatic imine (C=N–C) groups is 1. The molecule has 1 aromatic rings. The normalized spacial score (nSPS) is 17.3. The molecule has 0 aliphatic carbocycles. The van der Waals surface area contributed by atoms with E-state index in [2.05, 4.69) is 24.1 Å². The summed E-state index contributed by atoms with van der Waals surface area (Å²) in [4.78, 5) is 7.29. The SMILES string of the molecule is CCNC(=NCc1ccccc1S(=O)(=O)N(C)C)N1CCC(C)(C)C1.I. The van der Waals surface area contributed by atoms with Gasteiger partial charge in [-0.15, -0.1) is 24.0 Å². The van der Waals surface area contributed by atoms with Crippen LogP contribution in [0.3, 0.4) is 0 Å². The van der Waals surface area contributed by atoms with Crippen LogP contribution in [0.5, 0.6) is 0 Å². The van der Waals surface area contributed by atoms with Gasteiger partial charge < -0.3 is 10.2 Å². The molecule has 0 spiro atoms. The molecule has 0 radical (unpaired) electrons. The van der Waals surface area contributed by atoms with E-state index in [0.717, 1.165) is 32.0 Å². The van der Waals surface area contributed by atoms with Crippen molar-refractivity contribution < 1.29 is 8.42 Å². The monoisotopic (exact) mass is 494 g/mol. The number of rotatable bonds is 5. The van der Waals surface area contributed by atoms with Crippen molar-refractivity contribution in [3.05, 3.63) is 29.8 Å². The minimum atomic E-state index is -3.48. The third-order valence-electron chi connectivity index (χ3n) is 4.44.